The predicted molar refractivity (Wildman–Crippen MR) is 59.7 cm³/mol. The van der Waals surface area contributed by atoms with Crippen molar-refractivity contribution < 1.29 is 4.79 Å². The van der Waals surface area contributed by atoms with Gasteiger partial charge >= 0.3 is 0 Å². The Balaban J connectivity index is 2.51. The number of nitrogens with zero attached hydrogens (tertiary/aromatic N) is 2. The van der Waals surface area contributed by atoms with Crippen LogP contribution in [-0.2, 0) is 4.79 Å². The molecule has 1 atom stereocenters. The maximum Gasteiger partial charge on any atom is 0.226 e. The van der Waals surface area contributed by atoms with Crippen molar-refractivity contribution in [2.45, 2.75) is 12.8 Å². The molecule has 0 aromatic carbocycles. The van der Waals surface area contributed by atoms with Gasteiger partial charge in [0.15, 0.2) is 0 Å². The zero-order chi connectivity index (χ0) is 9.84. The molecule has 1 heterocycles. The fourth-order valence-electron chi connectivity index (χ4n) is 1.57. The van der Waals surface area contributed by atoms with Gasteiger partial charge in [0.05, 0.1) is 27.2 Å². The average Bonchev–Trinajstić information content (AvgIpc) is 2.16. The minimum absolute atomic E-state index is 0.147. The molecule has 76 valence electrons. The molecule has 5 heteroatoms. The van der Waals surface area contributed by atoms with Crippen molar-refractivity contribution in [3.8, 4) is 0 Å². The number of piperidine rings is 1. The lowest BCUT2D eigenvalue weighted by molar-refractivity contribution is -0.133. The van der Waals surface area contributed by atoms with E-state index in [-0.39, 0.29) is 11.8 Å². The molecule has 1 saturated heterocycles. The molecule has 4 nitrogen and oxygen atoms in total. The summed E-state index contributed by atoms with van der Waals surface area (Å²) in [6.07, 6.45) is 2.07. The zero-order valence-corrected chi connectivity index (χ0v) is 10.2. The van der Waals surface area contributed by atoms with E-state index >= 15 is 0 Å². The van der Waals surface area contributed by atoms with Gasteiger partial charge in [-0.3, -0.25) is 8.36 Å². The van der Waals surface area contributed by atoms with Crippen molar-refractivity contribution in [1.82, 2.24) is 8.01 Å². The van der Waals surface area contributed by atoms with Gasteiger partial charge in [-0.2, -0.15) is 0 Å². The number of hydrogen-bond acceptors (Lipinski definition) is 2. The second kappa shape index (κ2) is 4.99. The molecule has 13 heavy (non-hydrogen) atoms. The van der Waals surface area contributed by atoms with E-state index in [4.69, 9.17) is 3.56 Å². The Bertz CT molecular complexity index is 208. The molecule has 1 unspecified atom stereocenters. The van der Waals surface area contributed by atoms with E-state index in [0.717, 1.165) is 25.9 Å². The largest absolute Gasteiger partial charge is 0.349 e. The fraction of sp³-hybridized carbons (Fsp3) is 0.875. The van der Waals surface area contributed by atoms with E-state index in [0.29, 0.717) is 0 Å². The minimum atomic E-state index is -0.574. The smallest absolute Gasteiger partial charge is 0.226 e. The van der Waals surface area contributed by atoms with Crippen LogP contribution >= 0.6 is 21.3 Å². The molecule has 1 N–H and O–H groups in total. The normalized spacial score (nSPS) is 24.3. The van der Waals surface area contributed by atoms with Crippen LogP contribution in [0.5, 0.6) is 0 Å². The number of carbonyl (C=O) groups is 1. The van der Waals surface area contributed by atoms with Crippen molar-refractivity contribution in [3.63, 3.8) is 0 Å². The van der Waals surface area contributed by atoms with Crippen LogP contribution in [-0.4, -0.2) is 41.1 Å². The molecule has 0 bridgehead atoms. The molecule has 0 spiro atoms. The first-order chi connectivity index (χ1) is 6.15. The summed E-state index contributed by atoms with van der Waals surface area (Å²) in [5.41, 5.74) is 0. The average molecular weight is 297 g/mol. The molecule has 0 aromatic heterocycles. The maximum atomic E-state index is 11.6. The molecule has 1 amide bonds. The fourth-order valence-corrected chi connectivity index (χ4v) is 2.83. The molecule has 1 rings (SSSR count). The zero-order valence-electron chi connectivity index (χ0n) is 8.09. The van der Waals surface area contributed by atoms with Gasteiger partial charge in [-0.1, -0.05) is 0 Å². The molecule has 0 radical (unpaired) electrons. The molecule has 1 fully saturated rings. The number of hydrogen-bond donors (Lipinski definition) is 1. The number of amides is 1. The van der Waals surface area contributed by atoms with Gasteiger partial charge in [-0.25, -0.2) is 3.11 Å². The molecule has 1 aliphatic heterocycles. The molecule has 1 aliphatic rings. The summed E-state index contributed by atoms with van der Waals surface area (Å²) >= 11 is -0.574. The lowest BCUT2D eigenvalue weighted by Gasteiger charge is -2.29. The van der Waals surface area contributed by atoms with Crippen LogP contribution in [0.4, 0.5) is 0 Å². The number of halogens is 1. The summed E-state index contributed by atoms with van der Waals surface area (Å²) < 4.78 is 9.48. The topological polar surface area (TPSA) is 47.4 Å². The van der Waals surface area contributed by atoms with E-state index in [1.807, 2.05) is 0 Å². The molecule has 0 aliphatic carbocycles. The second-order valence-electron chi connectivity index (χ2n) is 3.53. The summed E-state index contributed by atoms with van der Waals surface area (Å²) in [6, 6.07) is 0. The summed E-state index contributed by atoms with van der Waals surface area (Å²) in [6.45, 7) is 1.84. The number of nitrogens with one attached hydrogen (secondary N) is 1. The van der Waals surface area contributed by atoms with Crippen LogP contribution in [0.3, 0.4) is 0 Å². The van der Waals surface area contributed by atoms with Gasteiger partial charge in [0.25, 0.3) is 0 Å². The van der Waals surface area contributed by atoms with E-state index in [2.05, 4.69) is 3.11 Å². The Hall–Kier alpha value is -0.0400. The number of carbonyl (C=O) groups excluding carboxylic acids is 1. The summed E-state index contributed by atoms with van der Waals surface area (Å²) in [5, 5.41) is 0. The third-order valence-electron chi connectivity index (χ3n) is 2.28. The van der Waals surface area contributed by atoms with Crippen LogP contribution in [0.2, 0.25) is 0 Å². The van der Waals surface area contributed by atoms with Crippen LogP contribution in [0.1, 0.15) is 12.8 Å². The summed E-state index contributed by atoms with van der Waals surface area (Å²) in [4.78, 5) is 13.3. The van der Waals surface area contributed by atoms with Gasteiger partial charge in [-0.05, 0) is 12.8 Å². The second-order valence-corrected chi connectivity index (χ2v) is 5.37. The molecule has 0 saturated carbocycles. The standard InChI is InChI=1S/C8H16IN3O/c1-11(2)8(13)7-4-3-5-12(6-7)9-10/h7,10H,3-6H2,1-2H3. The van der Waals surface area contributed by atoms with E-state index < -0.39 is 21.3 Å². The van der Waals surface area contributed by atoms with Gasteiger partial charge < -0.3 is 4.90 Å². The Morgan fingerprint density at radius 3 is 2.85 bits per heavy atom. The van der Waals surface area contributed by atoms with Crippen LogP contribution < -0.4 is 0 Å². The van der Waals surface area contributed by atoms with Gasteiger partial charge in [-0.15, -0.1) is 0 Å². The lowest BCUT2D eigenvalue weighted by atomic mass is 9.98. The molecular formula is C8H16IN3O. The first-order valence-electron chi connectivity index (χ1n) is 4.42. The van der Waals surface area contributed by atoms with Crippen LogP contribution in [0.25, 0.3) is 0 Å². The number of rotatable bonds is 2. The minimum Gasteiger partial charge on any atom is -0.349 e. The monoisotopic (exact) mass is 297 g/mol. The van der Waals surface area contributed by atoms with Crippen LogP contribution in [0.15, 0.2) is 0 Å². The highest BCUT2D eigenvalue weighted by Gasteiger charge is 2.26. The van der Waals surface area contributed by atoms with E-state index in [1.54, 1.807) is 19.0 Å². The third-order valence-corrected chi connectivity index (χ3v) is 3.84. The highest BCUT2D eigenvalue weighted by Crippen LogP contribution is 2.22. The SMILES string of the molecule is CN(C)C(=O)C1CCCN(I=N)C1. The summed E-state index contributed by atoms with van der Waals surface area (Å²) in [7, 11) is 3.61. The van der Waals surface area contributed by atoms with Gasteiger partial charge in [0, 0.05) is 27.2 Å². The Kier molecular flexibility index (Phi) is 4.24. The Labute approximate surface area is 89.6 Å². The highest BCUT2D eigenvalue weighted by molar-refractivity contribution is 14.1. The first kappa shape index (κ1) is 11.0. The predicted octanol–water partition coefficient (Wildman–Crippen LogP) is 1.43. The quantitative estimate of drug-likeness (QED) is 0.619. The maximum absolute atomic E-state index is 11.6. The van der Waals surface area contributed by atoms with Gasteiger partial charge in [0.1, 0.15) is 0 Å². The van der Waals surface area contributed by atoms with Gasteiger partial charge in [0.2, 0.25) is 5.91 Å². The van der Waals surface area contributed by atoms with Crippen molar-refractivity contribution in [1.29, 1.82) is 3.56 Å². The molecule has 0 aromatic rings. The van der Waals surface area contributed by atoms with Crippen LogP contribution in [0, 0.1) is 9.48 Å². The van der Waals surface area contributed by atoms with E-state index in [1.165, 1.54) is 0 Å². The molecular weight excluding hydrogens is 281 g/mol. The van der Waals surface area contributed by atoms with Crippen molar-refractivity contribution in [3.05, 3.63) is 0 Å². The van der Waals surface area contributed by atoms with Crippen molar-refractivity contribution in [2.75, 3.05) is 27.2 Å². The van der Waals surface area contributed by atoms with E-state index in [9.17, 15) is 4.79 Å². The van der Waals surface area contributed by atoms with Crippen molar-refractivity contribution >= 4 is 27.2 Å². The van der Waals surface area contributed by atoms with Crippen molar-refractivity contribution in [2.24, 2.45) is 5.92 Å². The Morgan fingerprint density at radius 2 is 2.31 bits per heavy atom. The first-order valence-corrected chi connectivity index (χ1v) is 6.46. The summed E-state index contributed by atoms with van der Waals surface area (Å²) in [5.74, 6) is 0.371. The third kappa shape index (κ3) is 2.98. The Morgan fingerprint density at radius 1 is 1.62 bits per heavy atom. The lowest BCUT2D eigenvalue weighted by Crippen LogP contribution is -2.39. The highest BCUT2D eigenvalue weighted by atomic mass is 127.